The van der Waals surface area contributed by atoms with Gasteiger partial charge in [0.2, 0.25) is 0 Å². The van der Waals surface area contributed by atoms with Gasteiger partial charge in [0.1, 0.15) is 11.1 Å². The predicted octanol–water partition coefficient (Wildman–Crippen LogP) is 1.37. The molecular formula is C16H21ClN4O5. The van der Waals surface area contributed by atoms with Gasteiger partial charge in [0.15, 0.2) is 0 Å². The summed E-state index contributed by atoms with van der Waals surface area (Å²) in [5.41, 5.74) is 0.0668. The van der Waals surface area contributed by atoms with Gasteiger partial charge in [-0.05, 0) is 25.7 Å². The SMILES string of the molecule is O=C(N[C@H]1CC[C@@H](C(=O)O)CC1)O[C@@H]1CCN(c2cn[nH]c(=O)c2Cl)C1. The molecule has 1 aromatic heterocycles. The van der Waals surface area contributed by atoms with Gasteiger partial charge in [-0.25, -0.2) is 9.89 Å². The van der Waals surface area contributed by atoms with E-state index in [1.165, 1.54) is 6.20 Å². The van der Waals surface area contributed by atoms with E-state index < -0.39 is 17.6 Å². The average molecular weight is 385 g/mol. The largest absolute Gasteiger partial charge is 0.481 e. The molecule has 1 aromatic rings. The van der Waals surface area contributed by atoms with E-state index in [9.17, 15) is 14.4 Å². The van der Waals surface area contributed by atoms with Crippen LogP contribution in [0.1, 0.15) is 32.1 Å². The van der Waals surface area contributed by atoms with Crippen LogP contribution in [-0.2, 0) is 9.53 Å². The number of carboxylic acid groups (broad SMARTS) is 1. The van der Waals surface area contributed by atoms with Crippen molar-refractivity contribution in [1.82, 2.24) is 15.5 Å². The number of ether oxygens (including phenoxy) is 1. The van der Waals surface area contributed by atoms with E-state index in [1.54, 1.807) is 0 Å². The molecule has 2 aliphatic rings. The lowest BCUT2D eigenvalue weighted by Crippen LogP contribution is -2.40. The van der Waals surface area contributed by atoms with Crippen LogP contribution in [0.5, 0.6) is 0 Å². The minimum absolute atomic E-state index is 0.0538. The number of aromatic nitrogens is 2. The third-order valence-electron chi connectivity index (χ3n) is 4.93. The first-order chi connectivity index (χ1) is 12.4. The second-order valence-electron chi connectivity index (χ2n) is 6.69. The first kappa shape index (κ1) is 18.5. The van der Waals surface area contributed by atoms with Gasteiger partial charge in [-0.1, -0.05) is 11.6 Å². The van der Waals surface area contributed by atoms with Crippen molar-refractivity contribution in [2.24, 2.45) is 5.92 Å². The number of hydrogen-bond acceptors (Lipinski definition) is 6. The van der Waals surface area contributed by atoms with E-state index in [4.69, 9.17) is 21.4 Å². The Morgan fingerprint density at radius 1 is 1.31 bits per heavy atom. The number of alkyl carbamates (subject to hydrolysis) is 1. The van der Waals surface area contributed by atoms with Crippen LogP contribution < -0.4 is 15.8 Å². The molecule has 0 aromatic carbocycles. The van der Waals surface area contributed by atoms with Crippen LogP contribution in [0.15, 0.2) is 11.0 Å². The molecule has 1 aliphatic heterocycles. The highest BCUT2D eigenvalue weighted by atomic mass is 35.5. The Kier molecular flexibility index (Phi) is 5.65. The van der Waals surface area contributed by atoms with E-state index in [1.807, 2.05) is 4.90 Å². The summed E-state index contributed by atoms with van der Waals surface area (Å²) in [6.45, 7) is 1.04. The summed E-state index contributed by atoms with van der Waals surface area (Å²) in [4.78, 5) is 36.4. The number of carbonyl (C=O) groups is 2. The number of hydrogen-bond donors (Lipinski definition) is 3. The number of halogens is 1. The van der Waals surface area contributed by atoms with Gasteiger partial charge in [0.05, 0.1) is 24.3 Å². The van der Waals surface area contributed by atoms with E-state index in [0.717, 1.165) is 0 Å². The standard InChI is InChI=1S/C16H21ClN4O5/c17-13-12(7-18-20-14(13)22)21-6-5-11(8-21)26-16(25)19-10-3-1-9(2-4-10)15(23)24/h7,9-11H,1-6,8H2,(H,19,25)(H,20,22)(H,23,24)/t9-,10+,11-/m1/s1. The van der Waals surface area contributed by atoms with Crippen LogP contribution in [0.25, 0.3) is 0 Å². The molecule has 3 N–H and O–H groups in total. The molecule has 1 aliphatic carbocycles. The third-order valence-corrected chi connectivity index (χ3v) is 5.30. The number of carbonyl (C=O) groups excluding carboxylic acids is 1. The summed E-state index contributed by atoms with van der Waals surface area (Å²) in [5, 5.41) is 17.9. The maximum Gasteiger partial charge on any atom is 0.407 e. The summed E-state index contributed by atoms with van der Waals surface area (Å²) >= 11 is 6.00. The average Bonchev–Trinajstić information content (AvgIpc) is 3.05. The second-order valence-corrected chi connectivity index (χ2v) is 7.07. The van der Waals surface area contributed by atoms with Crippen molar-refractivity contribution in [3.05, 3.63) is 21.6 Å². The fraction of sp³-hybridized carbons (Fsp3) is 0.625. The number of H-pyrrole nitrogens is 1. The zero-order chi connectivity index (χ0) is 18.7. The molecule has 9 nitrogen and oxygen atoms in total. The van der Waals surface area contributed by atoms with E-state index >= 15 is 0 Å². The predicted molar refractivity (Wildman–Crippen MR) is 93.5 cm³/mol. The number of amides is 1. The Bertz CT molecular complexity index is 732. The molecule has 0 unspecified atom stereocenters. The maximum atomic E-state index is 12.1. The first-order valence-corrected chi connectivity index (χ1v) is 9.00. The van der Waals surface area contributed by atoms with E-state index in [2.05, 4.69) is 15.5 Å². The molecule has 2 heterocycles. The number of nitrogens with zero attached hydrogens (tertiary/aromatic N) is 2. The van der Waals surface area contributed by atoms with Crippen molar-refractivity contribution >= 4 is 29.4 Å². The number of anilines is 1. The van der Waals surface area contributed by atoms with Gasteiger partial charge in [0, 0.05) is 19.0 Å². The fourth-order valence-electron chi connectivity index (χ4n) is 3.47. The summed E-state index contributed by atoms with van der Waals surface area (Å²) in [5.74, 6) is -1.09. The fourth-order valence-corrected chi connectivity index (χ4v) is 3.69. The molecule has 142 valence electrons. The second kappa shape index (κ2) is 7.94. The van der Waals surface area contributed by atoms with E-state index in [0.29, 0.717) is 50.9 Å². The van der Waals surface area contributed by atoms with Crippen molar-refractivity contribution < 1.29 is 19.4 Å². The number of rotatable bonds is 4. The molecule has 10 heteroatoms. The Hall–Kier alpha value is -2.29. The Morgan fingerprint density at radius 2 is 2.04 bits per heavy atom. The number of aliphatic carboxylic acids is 1. The van der Waals surface area contributed by atoms with Crippen LogP contribution in [0.4, 0.5) is 10.5 Å². The van der Waals surface area contributed by atoms with Crippen molar-refractivity contribution in [3.8, 4) is 0 Å². The molecule has 1 atom stereocenters. The maximum absolute atomic E-state index is 12.1. The van der Waals surface area contributed by atoms with Crippen LogP contribution >= 0.6 is 11.6 Å². The van der Waals surface area contributed by atoms with Crippen molar-refractivity contribution in [1.29, 1.82) is 0 Å². The monoisotopic (exact) mass is 384 g/mol. The van der Waals surface area contributed by atoms with E-state index in [-0.39, 0.29) is 23.1 Å². The minimum atomic E-state index is -0.773. The van der Waals surface area contributed by atoms with Gasteiger partial charge in [-0.2, -0.15) is 5.10 Å². The molecule has 3 rings (SSSR count). The van der Waals surface area contributed by atoms with Crippen LogP contribution in [0.2, 0.25) is 5.02 Å². The topological polar surface area (TPSA) is 125 Å². The summed E-state index contributed by atoms with van der Waals surface area (Å²) in [6, 6.07) is -0.0538. The Labute approximate surface area is 154 Å². The zero-order valence-corrected chi connectivity index (χ0v) is 14.9. The zero-order valence-electron chi connectivity index (χ0n) is 14.1. The molecular weight excluding hydrogens is 364 g/mol. The summed E-state index contributed by atoms with van der Waals surface area (Å²) in [7, 11) is 0. The van der Waals surface area contributed by atoms with Gasteiger partial charge < -0.3 is 20.1 Å². The number of aromatic amines is 1. The molecule has 0 spiro atoms. The van der Waals surface area contributed by atoms with Crippen molar-refractivity contribution in [2.45, 2.75) is 44.2 Å². The molecule has 1 amide bonds. The van der Waals surface area contributed by atoms with Crippen LogP contribution in [0, 0.1) is 5.92 Å². The normalized spacial score (nSPS) is 25.7. The number of nitrogens with one attached hydrogen (secondary N) is 2. The van der Waals surface area contributed by atoms with Crippen LogP contribution in [-0.4, -0.2) is 52.6 Å². The molecule has 0 radical (unpaired) electrons. The highest BCUT2D eigenvalue weighted by Gasteiger charge is 2.30. The van der Waals surface area contributed by atoms with Crippen molar-refractivity contribution in [2.75, 3.05) is 18.0 Å². The van der Waals surface area contributed by atoms with Gasteiger partial charge in [-0.15, -0.1) is 0 Å². The molecule has 1 saturated carbocycles. The molecule has 2 fully saturated rings. The molecule has 1 saturated heterocycles. The third kappa shape index (κ3) is 4.27. The molecule has 0 bridgehead atoms. The smallest absolute Gasteiger partial charge is 0.407 e. The lowest BCUT2D eigenvalue weighted by molar-refractivity contribution is -0.142. The van der Waals surface area contributed by atoms with Gasteiger partial charge in [0.25, 0.3) is 5.56 Å². The summed E-state index contributed by atoms with van der Waals surface area (Å²) in [6.07, 6.45) is 3.70. The Morgan fingerprint density at radius 3 is 2.73 bits per heavy atom. The van der Waals surface area contributed by atoms with Gasteiger partial charge >= 0.3 is 12.1 Å². The number of carboxylic acids is 1. The minimum Gasteiger partial charge on any atom is -0.481 e. The summed E-state index contributed by atoms with van der Waals surface area (Å²) < 4.78 is 5.45. The lowest BCUT2D eigenvalue weighted by atomic mass is 9.86. The van der Waals surface area contributed by atoms with Crippen LogP contribution in [0.3, 0.4) is 0 Å². The highest BCUT2D eigenvalue weighted by Crippen LogP contribution is 2.27. The first-order valence-electron chi connectivity index (χ1n) is 8.62. The lowest BCUT2D eigenvalue weighted by Gasteiger charge is -2.27. The highest BCUT2D eigenvalue weighted by molar-refractivity contribution is 6.33. The quantitative estimate of drug-likeness (QED) is 0.715. The molecule has 26 heavy (non-hydrogen) atoms. The van der Waals surface area contributed by atoms with Crippen molar-refractivity contribution in [3.63, 3.8) is 0 Å². The van der Waals surface area contributed by atoms with Gasteiger partial charge in [-0.3, -0.25) is 9.59 Å². The Balaban J connectivity index is 1.47.